The molecule has 0 N–H and O–H groups in total. The molecule has 0 amide bonds. The van der Waals surface area contributed by atoms with Crippen LogP contribution in [0.1, 0.15) is 27.3 Å². The maximum Gasteiger partial charge on any atom is 0.359 e. The Balaban J connectivity index is 1.79. The lowest BCUT2D eigenvalue weighted by molar-refractivity contribution is 0.0469. The number of ketones is 1. The molecule has 0 aliphatic rings. The third-order valence-corrected chi connectivity index (χ3v) is 4.41. The summed E-state index contributed by atoms with van der Waals surface area (Å²) in [5.41, 5.74) is 1.11. The van der Waals surface area contributed by atoms with Crippen LogP contribution in [0.25, 0.3) is 10.9 Å². The van der Waals surface area contributed by atoms with E-state index in [9.17, 15) is 9.59 Å². The number of benzene rings is 1. The van der Waals surface area contributed by atoms with Gasteiger partial charge in [0.2, 0.25) is 5.78 Å². The van der Waals surface area contributed by atoms with E-state index in [4.69, 9.17) is 33.2 Å². The smallest absolute Gasteiger partial charge is 0.359 e. The van der Waals surface area contributed by atoms with E-state index >= 15 is 0 Å². The van der Waals surface area contributed by atoms with Gasteiger partial charge in [-0.3, -0.25) is 4.79 Å². The first kappa shape index (κ1) is 18.9. The molecule has 3 aromatic rings. The highest BCUT2D eigenvalue weighted by Crippen LogP contribution is 2.23. The lowest BCUT2D eigenvalue weighted by atomic mass is 10.1. The summed E-state index contributed by atoms with van der Waals surface area (Å²) in [4.78, 5) is 28.6. The highest BCUT2D eigenvalue weighted by Gasteiger charge is 2.19. The van der Waals surface area contributed by atoms with Gasteiger partial charge in [0.1, 0.15) is 5.15 Å². The zero-order valence-electron chi connectivity index (χ0n) is 14.0. The molecule has 0 bridgehead atoms. The number of nitrogens with zero attached hydrogens (tertiary/aromatic N) is 3. The Labute approximate surface area is 164 Å². The van der Waals surface area contributed by atoms with E-state index in [2.05, 4.69) is 11.1 Å². The Kier molecular flexibility index (Phi) is 5.75. The Hall–Kier alpha value is -2.88. The van der Waals surface area contributed by atoms with Gasteiger partial charge in [-0.2, -0.15) is 5.26 Å². The topological polar surface area (TPSA) is 85.0 Å². The second kappa shape index (κ2) is 8.21. The zero-order valence-corrected chi connectivity index (χ0v) is 15.5. The quantitative estimate of drug-likeness (QED) is 0.349. The molecule has 8 heteroatoms. The number of Topliss-reactive ketones (excluding diaryl/α,β-unsaturated/α-hetero) is 1. The number of ether oxygens (including phenoxy) is 1. The third-order valence-electron chi connectivity index (χ3n) is 3.89. The lowest BCUT2D eigenvalue weighted by Gasteiger charge is -2.05. The molecule has 0 atom stereocenters. The average Bonchev–Trinajstić information content (AvgIpc) is 3.05. The van der Waals surface area contributed by atoms with E-state index in [0.717, 1.165) is 10.9 Å². The Bertz CT molecular complexity index is 1070. The van der Waals surface area contributed by atoms with Crippen LogP contribution in [0.2, 0.25) is 10.2 Å². The number of para-hydroxylation sites is 1. The maximum absolute atomic E-state index is 12.6. The number of aryl methyl sites for hydroxylation is 1. The summed E-state index contributed by atoms with van der Waals surface area (Å²) in [7, 11) is 0. The lowest BCUT2D eigenvalue weighted by Crippen LogP contribution is -2.15. The molecule has 1 aromatic carbocycles. The fraction of sp³-hybridized carbons (Fsp3) is 0.158. The number of nitriles is 1. The first-order valence-electron chi connectivity index (χ1n) is 7.98. The summed E-state index contributed by atoms with van der Waals surface area (Å²) in [6.07, 6.45) is 1.99. The van der Waals surface area contributed by atoms with Crippen LogP contribution in [-0.4, -0.2) is 27.9 Å². The number of aromatic nitrogens is 2. The summed E-state index contributed by atoms with van der Waals surface area (Å²) in [5.74, 6) is -1.20. The van der Waals surface area contributed by atoms with Crippen LogP contribution >= 0.6 is 23.2 Å². The molecule has 0 saturated heterocycles. The van der Waals surface area contributed by atoms with Crippen molar-refractivity contribution in [1.29, 1.82) is 5.26 Å². The normalized spacial score (nSPS) is 10.6. The molecule has 136 valence electrons. The number of halogens is 2. The van der Waals surface area contributed by atoms with Crippen molar-refractivity contribution in [2.24, 2.45) is 0 Å². The van der Waals surface area contributed by atoms with Gasteiger partial charge < -0.3 is 9.30 Å². The van der Waals surface area contributed by atoms with Crippen LogP contribution in [0.4, 0.5) is 0 Å². The predicted octanol–water partition coefficient (Wildman–Crippen LogP) is 4.30. The molecule has 0 fully saturated rings. The van der Waals surface area contributed by atoms with Crippen molar-refractivity contribution in [3.05, 3.63) is 64.0 Å². The number of hydrogen-bond acceptors (Lipinski definition) is 5. The largest absolute Gasteiger partial charge is 0.453 e. The van der Waals surface area contributed by atoms with E-state index < -0.39 is 12.6 Å². The van der Waals surface area contributed by atoms with Gasteiger partial charge in [-0.1, -0.05) is 41.4 Å². The average molecular weight is 402 g/mol. The molecular formula is C19H13Cl2N3O3. The molecule has 0 spiro atoms. The minimum absolute atomic E-state index is 0.0879. The molecule has 2 aromatic heterocycles. The van der Waals surface area contributed by atoms with Crippen molar-refractivity contribution in [3.8, 4) is 6.07 Å². The van der Waals surface area contributed by atoms with Gasteiger partial charge in [-0.25, -0.2) is 9.78 Å². The van der Waals surface area contributed by atoms with Crippen LogP contribution in [0.3, 0.4) is 0 Å². The Morgan fingerprint density at radius 3 is 2.74 bits per heavy atom. The molecule has 0 aliphatic heterocycles. The summed E-state index contributed by atoms with van der Waals surface area (Å²) in [6, 6.07) is 12.3. The predicted molar refractivity (Wildman–Crippen MR) is 101 cm³/mol. The van der Waals surface area contributed by atoms with E-state index in [1.165, 1.54) is 12.1 Å². The number of rotatable bonds is 6. The summed E-state index contributed by atoms with van der Waals surface area (Å²) < 4.78 is 6.90. The number of hydrogen-bond donors (Lipinski definition) is 0. The van der Waals surface area contributed by atoms with E-state index in [-0.39, 0.29) is 21.7 Å². The highest BCUT2D eigenvalue weighted by atomic mass is 35.5. The van der Waals surface area contributed by atoms with E-state index in [0.29, 0.717) is 18.5 Å². The van der Waals surface area contributed by atoms with Gasteiger partial charge in [0, 0.05) is 29.2 Å². The monoisotopic (exact) mass is 401 g/mol. The van der Waals surface area contributed by atoms with E-state index in [1.807, 2.05) is 28.8 Å². The van der Waals surface area contributed by atoms with Crippen molar-refractivity contribution in [2.75, 3.05) is 6.61 Å². The van der Waals surface area contributed by atoms with Gasteiger partial charge in [0.05, 0.1) is 17.5 Å². The fourth-order valence-corrected chi connectivity index (χ4v) is 2.99. The summed E-state index contributed by atoms with van der Waals surface area (Å²) in [5, 5.41) is 9.71. The maximum atomic E-state index is 12.6. The van der Waals surface area contributed by atoms with Crippen LogP contribution in [0.15, 0.2) is 42.6 Å². The number of esters is 1. The van der Waals surface area contributed by atoms with E-state index in [1.54, 1.807) is 6.20 Å². The van der Waals surface area contributed by atoms with Crippen LogP contribution in [0.5, 0.6) is 0 Å². The molecule has 6 nitrogen and oxygen atoms in total. The molecule has 0 aliphatic carbocycles. The second-order valence-electron chi connectivity index (χ2n) is 5.63. The number of fused-ring (bicyclic) bond motifs is 1. The molecule has 2 heterocycles. The van der Waals surface area contributed by atoms with Crippen molar-refractivity contribution < 1.29 is 14.3 Å². The Morgan fingerprint density at radius 1 is 1.19 bits per heavy atom. The number of carbonyl (C=O) groups is 2. The first-order chi connectivity index (χ1) is 13.0. The minimum atomic E-state index is -0.830. The van der Waals surface area contributed by atoms with Gasteiger partial charge >= 0.3 is 5.97 Å². The SMILES string of the molecule is N#CCCn1cc(C(=O)COC(=O)c2nc(Cl)ccc2Cl)c2ccccc21. The molecule has 0 saturated carbocycles. The summed E-state index contributed by atoms with van der Waals surface area (Å²) in [6.45, 7) is 0.00172. The first-order valence-corrected chi connectivity index (χ1v) is 8.74. The molecular weight excluding hydrogens is 389 g/mol. The van der Waals surface area contributed by atoms with Crippen molar-refractivity contribution in [1.82, 2.24) is 9.55 Å². The zero-order chi connectivity index (χ0) is 19.4. The Morgan fingerprint density at radius 2 is 1.96 bits per heavy atom. The number of carbonyl (C=O) groups excluding carboxylic acids is 2. The highest BCUT2D eigenvalue weighted by molar-refractivity contribution is 6.34. The molecule has 3 rings (SSSR count). The minimum Gasteiger partial charge on any atom is -0.453 e. The van der Waals surface area contributed by atoms with Gasteiger partial charge in [-0.05, 0) is 18.2 Å². The number of pyridine rings is 1. The molecule has 0 radical (unpaired) electrons. The van der Waals surface area contributed by atoms with Crippen molar-refractivity contribution in [2.45, 2.75) is 13.0 Å². The third kappa shape index (κ3) is 4.11. The van der Waals surface area contributed by atoms with Crippen LogP contribution in [-0.2, 0) is 11.3 Å². The van der Waals surface area contributed by atoms with Crippen LogP contribution < -0.4 is 0 Å². The van der Waals surface area contributed by atoms with Gasteiger partial charge in [0.15, 0.2) is 12.3 Å². The van der Waals surface area contributed by atoms with Crippen molar-refractivity contribution in [3.63, 3.8) is 0 Å². The molecule has 27 heavy (non-hydrogen) atoms. The molecule has 0 unspecified atom stereocenters. The summed E-state index contributed by atoms with van der Waals surface area (Å²) >= 11 is 11.7. The van der Waals surface area contributed by atoms with Gasteiger partial charge in [0.25, 0.3) is 0 Å². The fourth-order valence-electron chi connectivity index (χ4n) is 2.66. The standard InChI is InChI=1S/C19H13Cl2N3O3/c20-14-6-7-17(21)23-18(14)19(26)27-11-16(25)13-10-24(9-3-8-22)15-5-2-1-4-12(13)15/h1-2,4-7,10H,3,9,11H2. The second-order valence-corrected chi connectivity index (χ2v) is 6.42. The van der Waals surface area contributed by atoms with Crippen LogP contribution in [0, 0.1) is 11.3 Å². The van der Waals surface area contributed by atoms with Gasteiger partial charge in [-0.15, -0.1) is 0 Å². The van der Waals surface area contributed by atoms with Crippen molar-refractivity contribution >= 4 is 45.9 Å².